The van der Waals surface area contributed by atoms with Crippen molar-refractivity contribution >= 4 is 29.0 Å². The number of benzene rings is 2. The van der Waals surface area contributed by atoms with E-state index in [1.165, 1.54) is 11.8 Å². The lowest BCUT2D eigenvalue weighted by Crippen LogP contribution is -2.41. The Balaban J connectivity index is 2.07. The maximum Gasteiger partial charge on any atom is 0.264 e. The van der Waals surface area contributed by atoms with Gasteiger partial charge in [0, 0.05) is 22.6 Å². The molecule has 0 saturated heterocycles. The first-order valence-corrected chi connectivity index (χ1v) is 8.20. The molecular weight excluding hydrogens is 342 g/mol. The van der Waals surface area contributed by atoms with Gasteiger partial charge in [-0.15, -0.1) is 0 Å². The molecule has 1 unspecified atom stereocenters. The third kappa shape index (κ3) is 3.01. The van der Waals surface area contributed by atoms with Crippen molar-refractivity contribution in [3.63, 3.8) is 0 Å². The van der Waals surface area contributed by atoms with E-state index in [9.17, 15) is 14.7 Å². The lowest BCUT2D eigenvalue weighted by Gasteiger charge is -2.23. The van der Waals surface area contributed by atoms with Crippen LogP contribution >= 0.6 is 11.6 Å². The minimum atomic E-state index is -1.89. The van der Waals surface area contributed by atoms with Crippen LogP contribution in [0.1, 0.15) is 24.5 Å². The lowest BCUT2D eigenvalue weighted by atomic mass is 9.90. The first-order chi connectivity index (χ1) is 11.9. The Morgan fingerprint density at radius 3 is 2.68 bits per heavy atom. The molecule has 1 atom stereocenters. The third-order valence-corrected chi connectivity index (χ3v) is 4.55. The van der Waals surface area contributed by atoms with Gasteiger partial charge in [-0.2, -0.15) is 0 Å². The molecule has 1 amide bonds. The molecule has 3 rings (SSSR count). The van der Waals surface area contributed by atoms with Crippen LogP contribution in [-0.2, 0) is 21.7 Å². The zero-order valence-corrected chi connectivity index (χ0v) is 14.7. The van der Waals surface area contributed by atoms with Crippen molar-refractivity contribution in [2.75, 3.05) is 12.0 Å². The quantitative estimate of drug-likeness (QED) is 0.891. The molecule has 25 heavy (non-hydrogen) atoms. The van der Waals surface area contributed by atoms with Crippen molar-refractivity contribution in [3.8, 4) is 5.75 Å². The Bertz CT molecular complexity index is 851. The van der Waals surface area contributed by atoms with Crippen molar-refractivity contribution in [1.82, 2.24) is 0 Å². The number of rotatable bonds is 5. The number of ether oxygens (including phenoxy) is 1. The van der Waals surface area contributed by atoms with E-state index in [0.29, 0.717) is 22.0 Å². The van der Waals surface area contributed by atoms with Gasteiger partial charge < -0.3 is 14.7 Å². The van der Waals surface area contributed by atoms with Crippen LogP contribution in [0.2, 0.25) is 5.02 Å². The highest BCUT2D eigenvalue weighted by Crippen LogP contribution is 2.44. The number of anilines is 1. The number of carbonyl (C=O) groups excluding carboxylic acids is 2. The van der Waals surface area contributed by atoms with Gasteiger partial charge in [-0.3, -0.25) is 9.59 Å². The molecule has 1 aliphatic rings. The van der Waals surface area contributed by atoms with Gasteiger partial charge in [-0.1, -0.05) is 29.8 Å². The van der Waals surface area contributed by atoms with Crippen molar-refractivity contribution in [1.29, 1.82) is 0 Å². The molecule has 1 N–H and O–H groups in total. The van der Waals surface area contributed by atoms with Crippen molar-refractivity contribution < 1.29 is 19.4 Å². The Kier molecular flexibility index (Phi) is 4.54. The van der Waals surface area contributed by atoms with Crippen LogP contribution in [0.4, 0.5) is 5.69 Å². The fourth-order valence-corrected chi connectivity index (χ4v) is 3.39. The molecule has 6 heteroatoms. The maximum absolute atomic E-state index is 13.0. The average Bonchev–Trinajstić information content (AvgIpc) is 2.76. The number of fused-ring (bicyclic) bond motifs is 1. The third-order valence-electron chi connectivity index (χ3n) is 4.32. The summed E-state index contributed by atoms with van der Waals surface area (Å²) in [6, 6.07) is 12.2. The number of hydrogen-bond acceptors (Lipinski definition) is 4. The Labute approximate surface area is 150 Å². The predicted octanol–water partition coefficient (Wildman–Crippen LogP) is 3.06. The van der Waals surface area contributed by atoms with Gasteiger partial charge >= 0.3 is 0 Å². The monoisotopic (exact) mass is 359 g/mol. The van der Waals surface area contributed by atoms with E-state index in [2.05, 4.69) is 0 Å². The van der Waals surface area contributed by atoms with Crippen LogP contribution in [-0.4, -0.2) is 23.9 Å². The minimum Gasteiger partial charge on any atom is -0.496 e. The van der Waals surface area contributed by atoms with E-state index in [0.717, 1.165) is 5.56 Å². The number of para-hydroxylation sites is 1. The van der Waals surface area contributed by atoms with Crippen LogP contribution < -0.4 is 9.64 Å². The molecule has 130 valence electrons. The second-order valence-electron chi connectivity index (χ2n) is 6.10. The zero-order chi connectivity index (χ0) is 18.2. The molecule has 1 heterocycles. The number of aliphatic hydroxyl groups is 1. The number of ketones is 1. The summed E-state index contributed by atoms with van der Waals surface area (Å²) in [4.78, 5) is 26.1. The predicted molar refractivity (Wildman–Crippen MR) is 94.8 cm³/mol. The SMILES string of the molecule is COc1ccccc1CN1C(=O)C(O)(CC(C)=O)c2cc(Cl)ccc21. The molecule has 1 aliphatic heterocycles. The first-order valence-electron chi connectivity index (χ1n) is 7.82. The molecule has 0 bridgehead atoms. The summed E-state index contributed by atoms with van der Waals surface area (Å²) in [6.45, 7) is 1.57. The van der Waals surface area contributed by atoms with E-state index in [1.54, 1.807) is 31.4 Å². The van der Waals surface area contributed by atoms with E-state index in [1.807, 2.05) is 18.2 Å². The number of nitrogens with zero attached hydrogens (tertiary/aromatic N) is 1. The molecule has 0 fully saturated rings. The summed E-state index contributed by atoms with van der Waals surface area (Å²) in [7, 11) is 1.56. The fraction of sp³-hybridized carbons (Fsp3) is 0.263. The highest BCUT2D eigenvalue weighted by atomic mass is 35.5. The largest absolute Gasteiger partial charge is 0.496 e. The van der Waals surface area contributed by atoms with Gasteiger partial charge in [0.15, 0.2) is 5.60 Å². The van der Waals surface area contributed by atoms with E-state index in [4.69, 9.17) is 16.3 Å². The van der Waals surface area contributed by atoms with Gasteiger partial charge in [0.2, 0.25) is 0 Å². The van der Waals surface area contributed by atoms with Crippen LogP contribution in [0.3, 0.4) is 0 Å². The molecule has 0 spiro atoms. The number of Topliss-reactive ketones (excluding diaryl/α,β-unsaturated/α-hetero) is 1. The first kappa shape index (κ1) is 17.5. The average molecular weight is 360 g/mol. The highest BCUT2D eigenvalue weighted by molar-refractivity contribution is 6.31. The molecular formula is C19H18ClNO4. The van der Waals surface area contributed by atoms with Gasteiger partial charge in [0.1, 0.15) is 11.5 Å². The van der Waals surface area contributed by atoms with E-state index >= 15 is 0 Å². The molecule has 0 saturated carbocycles. The maximum atomic E-state index is 13.0. The molecule has 5 nitrogen and oxygen atoms in total. The number of carbonyl (C=O) groups is 2. The number of halogens is 1. The van der Waals surface area contributed by atoms with Crippen molar-refractivity contribution in [3.05, 3.63) is 58.6 Å². The standard InChI is InChI=1S/C19H18ClNO4/c1-12(22)10-19(24)15-9-14(20)7-8-16(15)21(18(19)23)11-13-5-3-4-6-17(13)25-2/h3-9,24H,10-11H2,1-2H3. The zero-order valence-electron chi connectivity index (χ0n) is 14.0. The summed E-state index contributed by atoms with van der Waals surface area (Å²) in [5.41, 5.74) is -0.195. The van der Waals surface area contributed by atoms with Gasteiger partial charge in [-0.25, -0.2) is 0 Å². The second kappa shape index (κ2) is 6.50. The van der Waals surface area contributed by atoms with Gasteiger partial charge in [0.25, 0.3) is 5.91 Å². The Morgan fingerprint density at radius 2 is 2.00 bits per heavy atom. The van der Waals surface area contributed by atoms with Crippen LogP contribution in [0.5, 0.6) is 5.75 Å². The Hall–Kier alpha value is -2.37. The topological polar surface area (TPSA) is 66.8 Å². The molecule has 0 aliphatic carbocycles. The number of amides is 1. The molecule has 2 aromatic rings. The van der Waals surface area contributed by atoms with Gasteiger partial charge in [0.05, 0.1) is 19.3 Å². The number of methoxy groups -OCH3 is 1. The smallest absolute Gasteiger partial charge is 0.264 e. The van der Waals surface area contributed by atoms with Crippen LogP contribution in [0.25, 0.3) is 0 Å². The van der Waals surface area contributed by atoms with Crippen molar-refractivity contribution in [2.24, 2.45) is 0 Å². The Morgan fingerprint density at radius 1 is 1.28 bits per heavy atom. The molecule has 2 aromatic carbocycles. The summed E-state index contributed by atoms with van der Waals surface area (Å²) >= 11 is 6.04. The highest BCUT2D eigenvalue weighted by Gasteiger charge is 2.50. The van der Waals surface area contributed by atoms with E-state index in [-0.39, 0.29) is 18.7 Å². The summed E-state index contributed by atoms with van der Waals surface area (Å²) in [5.74, 6) is -0.167. The summed E-state index contributed by atoms with van der Waals surface area (Å²) in [5, 5.41) is 11.4. The van der Waals surface area contributed by atoms with Gasteiger partial charge in [-0.05, 0) is 31.2 Å². The van der Waals surface area contributed by atoms with Crippen molar-refractivity contribution in [2.45, 2.75) is 25.5 Å². The summed E-state index contributed by atoms with van der Waals surface area (Å²) < 4.78 is 5.34. The summed E-state index contributed by atoms with van der Waals surface area (Å²) in [6.07, 6.45) is -0.290. The lowest BCUT2D eigenvalue weighted by molar-refractivity contribution is -0.141. The molecule has 0 aromatic heterocycles. The normalized spacial score (nSPS) is 19.0. The fourth-order valence-electron chi connectivity index (χ4n) is 3.21. The minimum absolute atomic E-state index is 0.220. The number of hydrogen-bond donors (Lipinski definition) is 1. The van der Waals surface area contributed by atoms with Crippen LogP contribution in [0, 0.1) is 0 Å². The molecule has 0 radical (unpaired) electrons. The van der Waals surface area contributed by atoms with E-state index < -0.39 is 11.5 Å². The van der Waals surface area contributed by atoms with Crippen LogP contribution in [0.15, 0.2) is 42.5 Å². The second-order valence-corrected chi connectivity index (χ2v) is 6.54.